The predicted octanol–water partition coefficient (Wildman–Crippen LogP) is 1.55. The molecule has 1 aromatic rings. The summed E-state index contributed by atoms with van der Waals surface area (Å²) in [5.74, 6) is 0.570. The van der Waals surface area contributed by atoms with E-state index in [2.05, 4.69) is 17.4 Å². The minimum atomic E-state index is -0.666. The Morgan fingerprint density at radius 1 is 1.27 bits per heavy atom. The van der Waals surface area contributed by atoms with Crippen molar-refractivity contribution >= 4 is 0 Å². The maximum Gasteiger partial charge on any atom is 0.0852 e. The highest BCUT2D eigenvalue weighted by molar-refractivity contribution is 5.35. The second-order valence-electron chi connectivity index (χ2n) is 6.74. The highest BCUT2D eigenvalue weighted by Crippen LogP contribution is 2.30. The smallest absolute Gasteiger partial charge is 0.0852 e. The molecular weight excluding hydrogens is 278 g/mol. The van der Waals surface area contributed by atoms with Crippen LogP contribution in [0.5, 0.6) is 0 Å². The van der Waals surface area contributed by atoms with Crippen molar-refractivity contribution in [3.8, 4) is 0 Å². The van der Waals surface area contributed by atoms with Gasteiger partial charge in [0.25, 0.3) is 0 Å². The van der Waals surface area contributed by atoms with Gasteiger partial charge in [0.15, 0.2) is 0 Å². The van der Waals surface area contributed by atoms with Crippen LogP contribution >= 0.6 is 0 Å². The molecule has 22 heavy (non-hydrogen) atoms. The zero-order valence-electron chi connectivity index (χ0n) is 13.4. The van der Waals surface area contributed by atoms with Gasteiger partial charge < -0.3 is 19.9 Å². The summed E-state index contributed by atoms with van der Waals surface area (Å²) in [6.45, 7) is 2.98. The quantitative estimate of drug-likeness (QED) is 0.837. The Kier molecular flexibility index (Phi) is 5.14. The van der Waals surface area contributed by atoms with Gasteiger partial charge in [-0.05, 0) is 29.9 Å². The Morgan fingerprint density at radius 3 is 2.50 bits per heavy atom. The number of methoxy groups -OCH3 is 1. The van der Waals surface area contributed by atoms with E-state index >= 15 is 0 Å². The Balaban J connectivity index is 1.58. The fourth-order valence-electron chi connectivity index (χ4n) is 3.78. The van der Waals surface area contributed by atoms with Gasteiger partial charge in [0.2, 0.25) is 0 Å². The molecule has 2 aliphatic rings. The van der Waals surface area contributed by atoms with Gasteiger partial charge in [-0.1, -0.05) is 24.3 Å². The van der Waals surface area contributed by atoms with Gasteiger partial charge in [0.1, 0.15) is 0 Å². The van der Waals surface area contributed by atoms with Crippen molar-refractivity contribution in [2.45, 2.75) is 37.3 Å². The number of nitrogens with one attached hydrogen (secondary N) is 1. The first kappa shape index (κ1) is 15.9. The highest BCUT2D eigenvalue weighted by atomic mass is 16.5. The minimum Gasteiger partial charge on any atom is -0.388 e. The molecule has 1 heterocycles. The van der Waals surface area contributed by atoms with Gasteiger partial charge in [0.05, 0.1) is 12.2 Å². The van der Waals surface area contributed by atoms with E-state index < -0.39 is 5.60 Å². The molecule has 1 aliphatic heterocycles. The van der Waals surface area contributed by atoms with Crippen LogP contribution in [-0.2, 0) is 22.3 Å². The number of hydrogen-bond donors (Lipinski definition) is 2. The van der Waals surface area contributed by atoms with E-state index in [0.29, 0.717) is 25.1 Å². The summed E-state index contributed by atoms with van der Waals surface area (Å²) in [6.07, 6.45) is 3.62. The van der Waals surface area contributed by atoms with Crippen LogP contribution in [0.25, 0.3) is 0 Å². The summed E-state index contributed by atoms with van der Waals surface area (Å²) in [7, 11) is 1.74. The first-order valence-corrected chi connectivity index (χ1v) is 8.29. The van der Waals surface area contributed by atoms with Crippen molar-refractivity contribution in [1.29, 1.82) is 0 Å². The largest absolute Gasteiger partial charge is 0.388 e. The van der Waals surface area contributed by atoms with Crippen molar-refractivity contribution in [1.82, 2.24) is 5.32 Å². The SMILES string of the molecule is COCC(NCC1(O)Cc2ccccc2C1)C1CCOCC1. The number of ether oxygens (including phenoxy) is 2. The van der Waals surface area contributed by atoms with Crippen LogP contribution in [0.2, 0.25) is 0 Å². The molecule has 1 saturated heterocycles. The summed E-state index contributed by atoms with van der Waals surface area (Å²) in [4.78, 5) is 0. The van der Waals surface area contributed by atoms with Crippen LogP contribution in [0.3, 0.4) is 0 Å². The molecular formula is C18H27NO3. The van der Waals surface area contributed by atoms with Crippen LogP contribution in [0.1, 0.15) is 24.0 Å². The fraction of sp³-hybridized carbons (Fsp3) is 0.667. The van der Waals surface area contributed by atoms with Crippen molar-refractivity contribution in [2.75, 3.05) is 33.5 Å². The lowest BCUT2D eigenvalue weighted by Crippen LogP contribution is -2.50. The Bertz CT molecular complexity index is 460. The van der Waals surface area contributed by atoms with E-state index in [0.717, 1.165) is 38.9 Å². The molecule has 1 aromatic carbocycles. The fourth-order valence-corrected chi connectivity index (χ4v) is 3.78. The van der Waals surface area contributed by atoms with Crippen LogP contribution in [-0.4, -0.2) is 50.2 Å². The van der Waals surface area contributed by atoms with Gasteiger partial charge in [-0.2, -0.15) is 0 Å². The number of hydrogen-bond acceptors (Lipinski definition) is 4. The average molecular weight is 305 g/mol. The van der Waals surface area contributed by atoms with Crippen molar-refractivity contribution in [3.63, 3.8) is 0 Å². The third kappa shape index (κ3) is 3.69. The van der Waals surface area contributed by atoms with E-state index in [1.807, 2.05) is 12.1 Å². The second kappa shape index (κ2) is 7.09. The van der Waals surface area contributed by atoms with Crippen molar-refractivity contribution in [2.24, 2.45) is 5.92 Å². The molecule has 0 radical (unpaired) electrons. The zero-order chi connectivity index (χ0) is 15.4. The number of benzene rings is 1. The standard InChI is InChI=1S/C18H27NO3/c1-21-12-17(14-6-8-22-9-7-14)19-13-18(20)10-15-4-2-3-5-16(15)11-18/h2-5,14,17,19-20H,6-13H2,1H3. The summed E-state index contributed by atoms with van der Waals surface area (Å²) in [5.41, 5.74) is 1.89. The van der Waals surface area contributed by atoms with Crippen LogP contribution in [0.4, 0.5) is 0 Å². The first-order chi connectivity index (χ1) is 10.7. The summed E-state index contributed by atoms with van der Waals surface area (Å²) < 4.78 is 10.8. The van der Waals surface area contributed by atoms with E-state index in [4.69, 9.17) is 9.47 Å². The Morgan fingerprint density at radius 2 is 1.91 bits per heavy atom. The number of aliphatic hydroxyl groups is 1. The molecule has 0 saturated carbocycles. The summed E-state index contributed by atoms with van der Waals surface area (Å²) >= 11 is 0. The first-order valence-electron chi connectivity index (χ1n) is 8.29. The van der Waals surface area contributed by atoms with Gasteiger partial charge in [-0.15, -0.1) is 0 Å². The van der Waals surface area contributed by atoms with Gasteiger partial charge in [0, 0.05) is 45.8 Å². The van der Waals surface area contributed by atoms with Crippen molar-refractivity contribution in [3.05, 3.63) is 35.4 Å². The molecule has 1 fully saturated rings. The molecule has 4 heteroatoms. The van der Waals surface area contributed by atoms with E-state index in [9.17, 15) is 5.11 Å². The van der Waals surface area contributed by atoms with Gasteiger partial charge in [-0.3, -0.25) is 0 Å². The molecule has 3 rings (SSSR count). The van der Waals surface area contributed by atoms with E-state index in [-0.39, 0.29) is 0 Å². The molecule has 122 valence electrons. The number of rotatable bonds is 6. The van der Waals surface area contributed by atoms with Gasteiger partial charge in [-0.25, -0.2) is 0 Å². The lowest BCUT2D eigenvalue weighted by molar-refractivity contribution is 0.0177. The average Bonchev–Trinajstić information content (AvgIpc) is 2.89. The maximum atomic E-state index is 10.9. The third-order valence-corrected chi connectivity index (χ3v) is 5.03. The van der Waals surface area contributed by atoms with Crippen LogP contribution < -0.4 is 5.32 Å². The molecule has 1 atom stereocenters. The predicted molar refractivity (Wildman–Crippen MR) is 86.0 cm³/mol. The maximum absolute atomic E-state index is 10.9. The van der Waals surface area contributed by atoms with E-state index in [1.165, 1.54) is 11.1 Å². The van der Waals surface area contributed by atoms with Crippen molar-refractivity contribution < 1.29 is 14.6 Å². The minimum absolute atomic E-state index is 0.293. The van der Waals surface area contributed by atoms with Crippen LogP contribution in [0, 0.1) is 5.92 Å². The molecule has 2 N–H and O–H groups in total. The second-order valence-corrected chi connectivity index (χ2v) is 6.74. The molecule has 0 bridgehead atoms. The Labute approximate surface area is 132 Å². The summed E-state index contributed by atoms with van der Waals surface area (Å²) in [6, 6.07) is 8.64. The topological polar surface area (TPSA) is 50.7 Å². The van der Waals surface area contributed by atoms with Gasteiger partial charge >= 0.3 is 0 Å². The monoisotopic (exact) mass is 305 g/mol. The molecule has 1 unspecified atom stereocenters. The molecule has 0 aromatic heterocycles. The van der Waals surface area contributed by atoms with Crippen LogP contribution in [0.15, 0.2) is 24.3 Å². The zero-order valence-corrected chi connectivity index (χ0v) is 13.4. The molecule has 4 nitrogen and oxygen atoms in total. The third-order valence-electron chi connectivity index (χ3n) is 5.03. The summed E-state index contributed by atoms with van der Waals surface area (Å²) in [5, 5.41) is 14.5. The number of fused-ring (bicyclic) bond motifs is 1. The molecule has 0 spiro atoms. The highest BCUT2D eigenvalue weighted by Gasteiger charge is 2.36. The Hall–Kier alpha value is -0.940. The lowest BCUT2D eigenvalue weighted by atomic mass is 9.91. The normalized spacial score (nSPS) is 22.5. The molecule has 1 aliphatic carbocycles. The lowest BCUT2D eigenvalue weighted by Gasteiger charge is -2.33. The van der Waals surface area contributed by atoms with E-state index in [1.54, 1.807) is 7.11 Å². The molecule has 0 amide bonds.